The molecule has 0 aliphatic rings. The van der Waals surface area contributed by atoms with E-state index in [-0.39, 0.29) is 24.5 Å². The number of rotatable bonds is 4. The number of aliphatic hydroxyl groups excluding tert-OH is 1. The lowest BCUT2D eigenvalue weighted by Crippen LogP contribution is -2.19. The first-order valence-corrected chi connectivity index (χ1v) is 6.08. The van der Waals surface area contributed by atoms with Crippen molar-refractivity contribution in [2.75, 3.05) is 6.61 Å². The topological polar surface area (TPSA) is 64.1 Å². The summed E-state index contributed by atoms with van der Waals surface area (Å²) >= 11 is 0. The number of halogens is 1. The molecule has 5 heteroatoms. The Labute approximate surface area is 105 Å². The van der Waals surface area contributed by atoms with Crippen molar-refractivity contribution in [3.05, 3.63) is 29.8 Å². The van der Waals surface area contributed by atoms with Crippen LogP contribution in [0.4, 0.5) is 4.39 Å². The van der Waals surface area contributed by atoms with Gasteiger partial charge in [0.25, 0.3) is 0 Å². The van der Waals surface area contributed by atoms with Crippen LogP contribution in [-0.2, 0) is 0 Å². The number of hydrogen-bond acceptors (Lipinski definition) is 3. The summed E-state index contributed by atoms with van der Waals surface area (Å²) < 4.78 is 15.2. The van der Waals surface area contributed by atoms with Gasteiger partial charge in [-0.2, -0.15) is 0 Å². The molecule has 18 heavy (non-hydrogen) atoms. The molecule has 1 aromatic carbocycles. The highest BCUT2D eigenvalue weighted by molar-refractivity contribution is 5.76. The SMILES string of the molecule is CC(C)n1c(C(N)CCO)nc2cc(F)ccc21. The summed E-state index contributed by atoms with van der Waals surface area (Å²) in [4.78, 5) is 4.40. The second-order valence-corrected chi connectivity index (χ2v) is 4.69. The van der Waals surface area contributed by atoms with E-state index < -0.39 is 0 Å². The monoisotopic (exact) mass is 251 g/mol. The maximum Gasteiger partial charge on any atom is 0.127 e. The summed E-state index contributed by atoms with van der Waals surface area (Å²) in [6, 6.07) is 4.38. The van der Waals surface area contributed by atoms with Gasteiger partial charge in [0.1, 0.15) is 11.6 Å². The zero-order valence-electron chi connectivity index (χ0n) is 10.6. The summed E-state index contributed by atoms with van der Waals surface area (Å²) in [7, 11) is 0. The smallest absolute Gasteiger partial charge is 0.127 e. The van der Waals surface area contributed by atoms with Crippen LogP contribution in [0.5, 0.6) is 0 Å². The van der Waals surface area contributed by atoms with Crippen molar-refractivity contribution in [3.8, 4) is 0 Å². The molecule has 98 valence electrons. The summed E-state index contributed by atoms with van der Waals surface area (Å²) in [6.45, 7) is 4.07. The van der Waals surface area contributed by atoms with Gasteiger partial charge in [-0.3, -0.25) is 0 Å². The fourth-order valence-corrected chi connectivity index (χ4v) is 2.16. The van der Waals surface area contributed by atoms with Crippen LogP contribution < -0.4 is 5.73 Å². The number of aliphatic hydroxyl groups is 1. The Kier molecular flexibility index (Phi) is 3.63. The van der Waals surface area contributed by atoms with Crippen molar-refractivity contribution < 1.29 is 9.50 Å². The van der Waals surface area contributed by atoms with Crippen molar-refractivity contribution in [2.24, 2.45) is 5.73 Å². The van der Waals surface area contributed by atoms with Crippen LogP contribution in [0.3, 0.4) is 0 Å². The number of fused-ring (bicyclic) bond motifs is 1. The minimum Gasteiger partial charge on any atom is -0.396 e. The molecule has 0 saturated carbocycles. The second-order valence-electron chi connectivity index (χ2n) is 4.69. The molecule has 0 fully saturated rings. The lowest BCUT2D eigenvalue weighted by atomic mass is 10.2. The first-order chi connectivity index (χ1) is 8.54. The van der Waals surface area contributed by atoms with E-state index in [1.807, 2.05) is 18.4 Å². The van der Waals surface area contributed by atoms with E-state index in [1.165, 1.54) is 12.1 Å². The maximum atomic E-state index is 13.2. The molecule has 4 nitrogen and oxygen atoms in total. The lowest BCUT2D eigenvalue weighted by molar-refractivity contribution is 0.273. The Bertz CT molecular complexity index is 550. The Morgan fingerprint density at radius 2 is 2.17 bits per heavy atom. The van der Waals surface area contributed by atoms with Crippen LogP contribution in [0.1, 0.15) is 38.2 Å². The summed E-state index contributed by atoms with van der Waals surface area (Å²) in [5.74, 6) is 0.387. The molecule has 0 amide bonds. The molecule has 0 radical (unpaired) electrons. The summed E-state index contributed by atoms with van der Waals surface area (Å²) in [5.41, 5.74) is 7.48. The van der Waals surface area contributed by atoms with Crippen LogP contribution in [0.2, 0.25) is 0 Å². The van der Waals surface area contributed by atoms with Gasteiger partial charge in [-0.05, 0) is 32.4 Å². The van der Waals surface area contributed by atoms with Gasteiger partial charge in [0.05, 0.1) is 17.1 Å². The minimum absolute atomic E-state index is 0.0107. The predicted molar refractivity (Wildman–Crippen MR) is 68.7 cm³/mol. The molecule has 2 rings (SSSR count). The van der Waals surface area contributed by atoms with Crippen molar-refractivity contribution in [1.29, 1.82) is 0 Å². The first-order valence-electron chi connectivity index (χ1n) is 6.08. The maximum absolute atomic E-state index is 13.2. The summed E-state index contributed by atoms with van der Waals surface area (Å²) in [5, 5.41) is 8.97. The van der Waals surface area contributed by atoms with E-state index in [1.54, 1.807) is 6.07 Å². The highest BCUT2D eigenvalue weighted by Crippen LogP contribution is 2.25. The first kappa shape index (κ1) is 13.0. The van der Waals surface area contributed by atoms with Crippen molar-refractivity contribution in [3.63, 3.8) is 0 Å². The van der Waals surface area contributed by atoms with Gasteiger partial charge in [-0.25, -0.2) is 9.37 Å². The Morgan fingerprint density at radius 1 is 1.44 bits per heavy atom. The van der Waals surface area contributed by atoms with Crippen LogP contribution in [-0.4, -0.2) is 21.3 Å². The molecule has 3 N–H and O–H groups in total. The third-order valence-electron chi connectivity index (χ3n) is 2.97. The van der Waals surface area contributed by atoms with Gasteiger partial charge in [0, 0.05) is 18.7 Å². The van der Waals surface area contributed by atoms with E-state index in [0.717, 1.165) is 5.52 Å². The normalized spacial score (nSPS) is 13.4. The van der Waals surface area contributed by atoms with E-state index >= 15 is 0 Å². The van der Waals surface area contributed by atoms with Crippen molar-refractivity contribution in [2.45, 2.75) is 32.4 Å². The molecule has 1 heterocycles. The quantitative estimate of drug-likeness (QED) is 0.875. The molecule has 0 aliphatic carbocycles. The molecule has 1 unspecified atom stereocenters. The molecule has 1 atom stereocenters. The number of imidazole rings is 1. The van der Waals surface area contributed by atoms with E-state index in [9.17, 15) is 4.39 Å². The van der Waals surface area contributed by atoms with Gasteiger partial charge in [-0.1, -0.05) is 0 Å². The average molecular weight is 251 g/mol. The number of hydrogen-bond donors (Lipinski definition) is 2. The highest BCUT2D eigenvalue weighted by Gasteiger charge is 2.18. The van der Waals surface area contributed by atoms with E-state index in [2.05, 4.69) is 4.98 Å². The van der Waals surface area contributed by atoms with Crippen molar-refractivity contribution in [1.82, 2.24) is 9.55 Å². The third kappa shape index (κ3) is 2.23. The summed E-state index contributed by atoms with van der Waals surface area (Å²) in [6.07, 6.45) is 0.443. The largest absolute Gasteiger partial charge is 0.396 e. The fourth-order valence-electron chi connectivity index (χ4n) is 2.16. The molecule has 2 aromatic rings. The van der Waals surface area contributed by atoms with E-state index in [0.29, 0.717) is 17.8 Å². The van der Waals surface area contributed by atoms with Crippen LogP contribution in [0.25, 0.3) is 11.0 Å². The minimum atomic E-state index is -0.340. The van der Waals surface area contributed by atoms with Gasteiger partial charge in [-0.15, -0.1) is 0 Å². The molecular formula is C13H18FN3O. The van der Waals surface area contributed by atoms with Crippen LogP contribution in [0.15, 0.2) is 18.2 Å². The van der Waals surface area contributed by atoms with Gasteiger partial charge >= 0.3 is 0 Å². The second kappa shape index (κ2) is 5.04. The molecule has 0 aliphatic heterocycles. The van der Waals surface area contributed by atoms with E-state index in [4.69, 9.17) is 10.8 Å². The highest BCUT2D eigenvalue weighted by atomic mass is 19.1. The number of nitrogens with two attached hydrogens (primary N) is 1. The van der Waals surface area contributed by atoms with Crippen molar-refractivity contribution >= 4 is 11.0 Å². The Balaban J connectivity index is 2.60. The molecule has 0 saturated heterocycles. The lowest BCUT2D eigenvalue weighted by Gasteiger charge is -2.16. The standard InChI is InChI=1S/C13H18FN3O/c1-8(2)17-12-4-3-9(14)7-11(12)16-13(17)10(15)5-6-18/h3-4,7-8,10,18H,5-6,15H2,1-2H3. The van der Waals surface area contributed by atoms with Crippen LogP contribution >= 0.6 is 0 Å². The number of aromatic nitrogens is 2. The van der Waals surface area contributed by atoms with Gasteiger partial charge in [0.2, 0.25) is 0 Å². The van der Waals surface area contributed by atoms with Gasteiger partial charge < -0.3 is 15.4 Å². The zero-order chi connectivity index (χ0) is 13.3. The molecule has 0 bridgehead atoms. The Morgan fingerprint density at radius 3 is 2.78 bits per heavy atom. The fraction of sp³-hybridized carbons (Fsp3) is 0.462. The molecular weight excluding hydrogens is 233 g/mol. The van der Waals surface area contributed by atoms with Gasteiger partial charge in [0.15, 0.2) is 0 Å². The zero-order valence-corrected chi connectivity index (χ0v) is 10.6. The number of nitrogens with zero attached hydrogens (tertiary/aromatic N) is 2. The number of benzene rings is 1. The predicted octanol–water partition coefficient (Wildman–Crippen LogP) is 2.14. The molecule has 1 aromatic heterocycles. The third-order valence-corrected chi connectivity index (χ3v) is 2.97. The average Bonchev–Trinajstić information content (AvgIpc) is 2.67. The van der Waals surface area contributed by atoms with Crippen LogP contribution in [0, 0.1) is 5.82 Å². The molecule has 0 spiro atoms. The Hall–Kier alpha value is -1.46.